The summed E-state index contributed by atoms with van der Waals surface area (Å²) in [5, 5.41) is 0.528. The van der Waals surface area contributed by atoms with Crippen molar-refractivity contribution in [3.05, 3.63) is 53.6 Å². The summed E-state index contributed by atoms with van der Waals surface area (Å²) in [4.78, 5) is 49.0. The number of para-hydroxylation sites is 1. The van der Waals surface area contributed by atoms with Crippen LogP contribution in [0.2, 0.25) is 0 Å². The van der Waals surface area contributed by atoms with Gasteiger partial charge in [0.25, 0.3) is 11.8 Å². The number of anilines is 1. The van der Waals surface area contributed by atoms with E-state index in [9.17, 15) is 14.4 Å². The Kier molecular flexibility index (Phi) is 7.26. The molecule has 188 valence electrons. The summed E-state index contributed by atoms with van der Waals surface area (Å²) in [5.74, 6) is -0.567. The lowest BCUT2D eigenvalue weighted by Crippen LogP contribution is -2.44. The third kappa shape index (κ3) is 4.84. The van der Waals surface area contributed by atoms with Crippen molar-refractivity contribution >= 4 is 44.4 Å². The Morgan fingerprint density at radius 3 is 2.50 bits per heavy atom. The fourth-order valence-corrected chi connectivity index (χ4v) is 5.53. The Bertz CT molecular complexity index is 1250. The van der Waals surface area contributed by atoms with E-state index in [2.05, 4.69) is 4.90 Å². The fraction of sp³-hybridized carbons (Fsp3) is 0.385. The molecule has 2 aliphatic heterocycles. The van der Waals surface area contributed by atoms with Crippen LogP contribution in [0.1, 0.15) is 34.1 Å². The molecule has 0 atom stereocenters. The second kappa shape index (κ2) is 10.7. The molecule has 3 aromatic rings. The number of aromatic nitrogens is 1. The number of nitrogens with zero attached hydrogens (tertiary/aromatic N) is 4. The van der Waals surface area contributed by atoms with Gasteiger partial charge >= 0.3 is 0 Å². The molecule has 1 aromatic heterocycles. The van der Waals surface area contributed by atoms with Gasteiger partial charge in [-0.25, -0.2) is 4.98 Å². The first-order valence-electron chi connectivity index (χ1n) is 12.1. The maximum Gasteiger partial charge on any atom is 0.262 e. The summed E-state index contributed by atoms with van der Waals surface area (Å²) in [6.07, 6.45) is 0.724. The number of thiazole rings is 1. The molecule has 2 aromatic carbocycles. The molecule has 0 radical (unpaired) electrons. The molecule has 9 nitrogen and oxygen atoms in total. The zero-order valence-corrected chi connectivity index (χ0v) is 21.0. The maximum absolute atomic E-state index is 13.6. The quantitative estimate of drug-likeness (QED) is 0.410. The third-order valence-corrected chi connectivity index (χ3v) is 7.38. The minimum absolute atomic E-state index is 0.329. The van der Waals surface area contributed by atoms with Crippen LogP contribution in [0, 0.1) is 0 Å². The minimum Gasteiger partial charge on any atom is -0.492 e. The van der Waals surface area contributed by atoms with Crippen molar-refractivity contribution in [1.29, 1.82) is 0 Å². The average Bonchev–Trinajstić information content (AvgIpc) is 3.43. The van der Waals surface area contributed by atoms with Crippen LogP contribution in [0.5, 0.6) is 5.75 Å². The minimum atomic E-state index is -0.444. The van der Waals surface area contributed by atoms with Crippen LogP contribution in [0.15, 0.2) is 42.5 Å². The van der Waals surface area contributed by atoms with E-state index >= 15 is 0 Å². The molecule has 0 aliphatic carbocycles. The number of hydrogen-bond donors (Lipinski definition) is 0. The van der Waals surface area contributed by atoms with Gasteiger partial charge in [-0.3, -0.25) is 29.1 Å². The first-order chi connectivity index (χ1) is 17.6. The number of imide groups is 1. The van der Waals surface area contributed by atoms with Crippen LogP contribution in [0.4, 0.5) is 5.13 Å². The Labute approximate surface area is 213 Å². The Hall–Kier alpha value is -3.34. The fourth-order valence-electron chi connectivity index (χ4n) is 4.51. The lowest BCUT2D eigenvalue weighted by Gasteiger charge is -2.28. The predicted molar refractivity (Wildman–Crippen MR) is 137 cm³/mol. The number of fused-ring (bicyclic) bond motifs is 2. The molecule has 0 spiro atoms. The van der Waals surface area contributed by atoms with Crippen LogP contribution in [0.25, 0.3) is 10.2 Å². The number of ether oxygens (including phenoxy) is 2. The van der Waals surface area contributed by atoms with Crippen LogP contribution < -0.4 is 9.64 Å². The number of carbonyl (C=O) groups excluding carboxylic acids is 3. The van der Waals surface area contributed by atoms with E-state index < -0.39 is 11.8 Å². The average molecular weight is 509 g/mol. The highest BCUT2D eigenvalue weighted by Gasteiger charge is 2.37. The molecule has 2 aliphatic rings. The van der Waals surface area contributed by atoms with Gasteiger partial charge in [-0.15, -0.1) is 0 Å². The molecule has 1 saturated heterocycles. The molecule has 36 heavy (non-hydrogen) atoms. The zero-order chi connectivity index (χ0) is 25.1. The normalized spacial score (nSPS) is 16.0. The molecular formula is C26H28N4O5S. The molecule has 1 fully saturated rings. The first kappa shape index (κ1) is 24.4. The van der Waals surface area contributed by atoms with Crippen molar-refractivity contribution in [3.8, 4) is 5.75 Å². The molecule has 0 N–H and O–H groups in total. The van der Waals surface area contributed by atoms with Crippen LogP contribution in [-0.4, -0.2) is 85.0 Å². The summed E-state index contributed by atoms with van der Waals surface area (Å²) >= 11 is 1.40. The van der Waals surface area contributed by atoms with E-state index in [-0.39, 0.29) is 12.5 Å². The van der Waals surface area contributed by atoms with Crippen LogP contribution >= 0.6 is 11.3 Å². The van der Waals surface area contributed by atoms with Crippen LogP contribution in [-0.2, 0) is 9.53 Å². The third-order valence-electron chi connectivity index (χ3n) is 6.33. The van der Waals surface area contributed by atoms with Gasteiger partial charge in [0.2, 0.25) is 5.91 Å². The predicted octanol–water partition coefficient (Wildman–Crippen LogP) is 3.05. The Morgan fingerprint density at radius 2 is 1.81 bits per heavy atom. The van der Waals surface area contributed by atoms with Crippen molar-refractivity contribution in [2.24, 2.45) is 0 Å². The molecule has 0 bridgehead atoms. The number of carbonyl (C=O) groups is 3. The number of morpholine rings is 1. The smallest absolute Gasteiger partial charge is 0.262 e. The molecule has 5 rings (SSSR count). The summed E-state index contributed by atoms with van der Waals surface area (Å²) in [6.45, 7) is 6.46. The van der Waals surface area contributed by atoms with E-state index in [1.807, 2.05) is 25.1 Å². The van der Waals surface area contributed by atoms with Gasteiger partial charge in [0.1, 0.15) is 17.8 Å². The molecule has 3 amide bonds. The second-order valence-corrected chi connectivity index (χ2v) is 9.64. The monoisotopic (exact) mass is 508 g/mol. The standard InChI is InChI=1S/C26H28N4O5S/c1-2-35-20-9-5-10-21-23(20)27-26(36-21)29(12-6-11-28-13-15-34-16-14-28)22(31)17-30-24(32)18-7-3-4-8-19(18)25(30)33/h3-5,7-10H,2,6,11-17H2,1H3. The van der Waals surface area contributed by atoms with Gasteiger partial charge < -0.3 is 9.47 Å². The Morgan fingerprint density at radius 1 is 1.08 bits per heavy atom. The molecule has 3 heterocycles. The lowest BCUT2D eigenvalue weighted by molar-refractivity contribution is -0.119. The van der Waals surface area contributed by atoms with Gasteiger partial charge in [-0.05, 0) is 37.6 Å². The lowest BCUT2D eigenvalue weighted by atomic mass is 10.1. The van der Waals surface area contributed by atoms with Crippen molar-refractivity contribution < 1.29 is 23.9 Å². The molecule has 0 unspecified atom stereocenters. The molecular weight excluding hydrogens is 480 g/mol. The van der Waals surface area contributed by atoms with E-state index in [1.54, 1.807) is 29.2 Å². The van der Waals surface area contributed by atoms with Gasteiger partial charge in [-0.1, -0.05) is 29.5 Å². The highest BCUT2D eigenvalue weighted by atomic mass is 32.1. The van der Waals surface area contributed by atoms with Gasteiger partial charge in [0, 0.05) is 26.2 Å². The van der Waals surface area contributed by atoms with Gasteiger partial charge in [0.05, 0.1) is 35.6 Å². The van der Waals surface area contributed by atoms with Gasteiger partial charge in [0.15, 0.2) is 5.13 Å². The molecule has 0 saturated carbocycles. The highest BCUT2D eigenvalue weighted by molar-refractivity contribution is 7.22. The number of amides is 3. The van der Waals surface area contributed by atoms with E-state index in [4.69, 9.17) is 14.5 Å². The zero-order valence-electron chi connectivity index (χ0n) is 20.1. The topological polar surface area (TPSA) is 92.3 Å². The second-order valence-electron chi connectivity index (χ2n) is 8.63. The summed E-state index contributed by atoms with van der Waals surface area (Å²) in [7, 11) is 0. The SMILES string of the molecule is CCOc1cccc2sc(N(CCCN3CCOCC3)C(=O)CN3C(=O)c4ccccc4C3=O)nc12. The summed E-state index contributed by atoms with van der Waals surface area (Å²) in [6, 6.07) is 12.4. The number of benzene rings is 2. The van der Waals surface area contributed by atoms with Crippen LogP contribution in [0.3, 0.4) is 0 Å². The van der Waals surface area contributed by atoms with Crippen molar-refractivity contribution in [2.45, 2.75) is 13.3 Å². The molecule has 10 heteroatoms. The number of rotatable bonds is 9. The van der Waals surface area contributed by atoms with Crippen molar-refractivity contribution in [3.63, 3.8) is 0 Å². The highest BCUT2D eigenvalue weighted by Crippen LogP contribution is 2.34. The summed E-state index contributed by atoms with van der Waals surface area (Å²) < 4.78 is 12.1. The van der Waals surface area contributed by atoms with E-state index in [1.165, 1.54) is 11.3 Å². The summed E-state index contributed by atoms with van der Waals surface area (Å²) in [5.41, 5.74) is 1.36. The van der Waals surface area contributed by atoms with Crippen molar-refractivity contribution in [2.75, 3.05) is 57.4 Å². The first-order valence-corrected chi connectivity index (χ1v) is 13.0. The maximum atomic E-state index is 13.6. The van der Waals surface area contributed by atoms with Gasteiger partial charge in [-0.2, -0.15) is 0 Å². The van der Waals surface area contributed by atoms with E-state index in [0.717, 1.165) is 35.7 Å². The van der Waals surface area contributed by atoms with E-state index in [0.29, 0.717) is 53.9 Å². The number of hydrogen-bond acceptors (Lipinski definition) is 8. The largest absolute Gasteiger partial charge is 0.492 e. The Balaban J connectivity index is 1.38. The van der Waals surface area contributed by atoms with Crippen molar-refractivity contribution in [1.82, 2.24) is 14.8 Å².